The topological polar surface area (TPSA) is 133 Å². The van der Waals surface area contributed by atoms with Gasteiger partial charge in [0.05, 0.1) is 11.2 Å². The summed E-state index contributed by atoms with van der Waals surface area (Å²) in [4.78, 5) is 28.5. The van der Waals surface area contributed by atoms with E-state index in [0.29, 0.717) is 11.0 Å². The van der Waals surface area contributed by atoms with Crippen molar-refractivity contribution in [3.63, 3.8) is 0 Å². The molecule has 10 heteroatoms. The molecule has 1 aromatic heterocycles. The van der Waals surface area contributed by atoms with E-state index in [4.69, 9.17) is 19.8 Å². The van der Waals surface area contributed by atoms with Crippen LogP contribution in [0.15, 0.2) is 66.3 Å². The standard InChI is InChI=1S/C30H32BN3O6/c1-29(2)30(3,4)40-31(39-29)19(13-18-14-24(27(35)36)26(32)33-15-18)16-34-28(37)38-17-25-22-11-7-5-9-20(22)21-10-6-8-12-23(21)25/h5-15,25H,16-17H2,1-4H3,(H2,32,33)(H,34,37)(H,35,36). The number of carbonyl (C=O) groups is 2. The Balaban J connectivity index is 1.33. The van der Waals surface area contributed by atoms with Crippen LogP contribution in [0.4, 0.5) is 10.6 Å². The van der Waals surface area contributed by atoms with Gasteiger partial charge in [-0.1, -0.05) is 54.6 Å². The molecule has 0 radical (unpaired) electrons. The van der Waals surface area contributed by atoms with Gasteiger partial charge in [0.15, 0.2) is 0 Å². The summed E-state index contributed by atoms with van der Waals surface area (Å²) in [6, 6.07) is 17.7. The van der Waals surface area contributed by atoms with Gasteiger partial charge in [-0.3, -0.25) is 0 Å². The largest absolute Gasteiger partial charge is 0.492 e. The molecule has 1 fully saturated rings. The number of alkyl carbamates (subject to hydrolysis) is 1. The number of anilines is 1. The third-order valence-corrected chi connectivity index (χ3v) is 7.86. The minimum Gasteiger partial charge on any atom is -0.478 e. The van der Waals surface area contributed by atoms with Crippen LogP contribution in [-0.4, -0.2) is 53.6 Å². The zero-order valence-electron chi connectivity index (χ0n) is 22.9. The zero-order chi connectivity index (χ0) is 28.7. The number of carboxylic acid groups (broad SMARTS) is 1. The molecule has 1 aliphatic carbocycles. The van der Waals surface area contributed by atoms with Crippen molar-refractivity contribution in [1.82, 2.24) is 10.3 Å². The van der Waals surface area contributed by atoms with Crippen molar-refractivity contribution in [1.29, 1.82) is 0 Å². The molecule has 9 nitrogen and oxygen atoms in total. The highest BCUT2D eigenvalue weighted by Crippen LogP contribution is 2.44. The predicted octanol–water partition coefficient (Wildman–Crippen LogP) is 4.92. The first kappa shape index (κ1) is 27.4. The lowest BCUT2D eigenvalue weighted by Gasteiger charge is -2.32. The van der Waals surface area contributed by atoms with E-state index in [2.05, 4.69) is 34.6 Å². The van der Waals surface area contributed by atoms with Gasteiger partial charge in [-0.05, 0) is 67.1 Å². The molecule has 0 bridgehead atoms. The van der Waals surface area contributed by atoms with Gasteiger partial charge in [-0.2, -0.15) is 0 Å². The van der Waals surface area contributed by atoms with E-state index in [0.717, 1.165) is 22.3 Å². The van der Waals surface area contributed by atoms with Crippen LogP contribution in [0.5, 0.6) is 0 Å². The number of ether oxygens (including phenoxy) is 1. The number of pyridine rings is 1. The molecule has 4 N–H and O–H groups in total. The summed E-state index contributed by atoms with van der Waals surface area (Å²) in [5.74, 6) is -1.33. The summed E-state index contributed by atoms with van der Waals surface area (Å²) in [7, 11) is -0.787. The quantitative estimate of drug-likeness (QED) is 0.359. The average molecular weight is 541 g/mol. The van der Waals surface area contributed by atoms with Crippen molar-refractivity contribution in [2.45, 2.75) is 44.8 Å². The fourth-order valence-electron chi connectivity index (χ4n) is 4.98. The second-order valence-electron chi connectivity index (χ2n) is 11.0. The molecule has 2 heterocycles. The van der Waals surface area contributed by atoms with Crippen molar-refractivity contribution in [3.05, 3.63) is 88.5 Å². The van der Waals surface area contributed by atoms with Crippen LogP contribution >= 0.6 is 0 Å². The van der Waals surface area contributed by atoms with Crippen LogP contribution in [0.25, 0.3) is 17.2 Å². The molecule has 40 heavy (non-hydrogen) atoms. The highest BCUT2D eigenvalue weighted by atomic mass is 16.7. The van der Waals surface area contributed by atoms with Crippen molar-refractivity contribution in [2.75, 3.05) is 18.9 Å². The van der Waals surface area contributed by atoms with Crippen molar-refractivity contribution >= 4 is 31.1 Å². The molecular weight excluding hydrogens is 509 g/mol. The third kappa shape index (κ3) is 5.20. The number of hydrogen-bond acceptors (Lipinski definition) is 7. The molecule has 3 aromatic rings. The molecule has 1 saturated heterocycles. The Morgan fingerprint density at radius 1 is 1.05 bits per heavy atom. The molecule has 2 aromatic carbocycles. The maximum Gasteiger partial charge on any atom is 0.492 e. The lowest BCUT2D eigenvalue weighted by atomic mass is 9.77. The summed E-state index contributed by atoms with van der Waals surface area (Å²) in [6.07, 6.45) is 2.55. The fourth-order valence-corrected chi connectivity index (χ4v) is 4.98. The van der Waals surface area contributed by atoms with E-state index in [1.807, 2.05) is 52.0 Å². The van der Waals surface area contributed by atoms with Crippen LogP contribution in [0.1, 0.15) is 60.7 Å². The van der Waals surface area contributed by atoms with E-state index >= 15 is 0 Å². The monoisotopic (exact) mass is 541 g/mol. The number of hydrogen-bond donors (Lipinski definition) is 3. The number of fused-ring (bicyclic) bond motifs is 3. The highest BCUT2D eigenvalue weighted by Gasteiger charge is 2.52. The normalized spacial score (nSPS) is 17.3. The second-order valence-corrected chi connectivity index (χ2v) is 11.0. The number of nitrogen functional groups attached to an aromatic ring is 1. The SMILES string of the molecule is CC1(C)OB(C(=Cc2cnc(N)c(C(=O)O)c2)CNC(=O)OCC2c3ccccc3-c3ccccc32)OC1(C)C. The molecular formula is C30H32BN3O6. The first-order valence-corrected chi connectivity index (χ1v) is 13.1. The van der Waals surface area contributed by atoms with Crippen molar-refractivity contribution in [2.24, 2.45) is 0 Å². The number of nitrogens with one attached hydrogen (secondary N) is 1. The Hall–Kier alpha value is -4.15. The van der Waals surface area contributed by atoms with Crippen LogP contribution in [0.3, 0.4) is 0 Å². The predicted molar refractivity (Wildman–Crippen MR) is 153 cm³/mol. The minimum absolute atomic E-state index is 0.0419. The molecule has 1 aliphatic heterocycles. The van der Waals surface area contributed by atoms with Crippen LogP contribution in [0, 0.1) is 0 Å². The zero-order valence-corrected chi connectivity index (χ0v) is 22.9. The number of aromatic carboxylic acids is 1. The molecule has 2 aliphatic rings. The average Bonchev–Trinajstić information content (AvgIpc) is 3.35. The molecule has 0 unspecified atom stereocenters. The Morgan fingerprint density at radius 3 is 2.20 bits per heavy atom. The van der Waals surface area contributed by atoms with Gasteiger partial charge >= 0.3 is 19.2 Å². The summed E-state index contributed by atoms with van der Waals surface area (Å²) in [6.45, 7) is 7.93. The molecule has 0 saturated carbocycles. The number of benzene rings is 2. The number of carbonyl (C=O) groups excluding carboxylic acids is 1. The van der Waals surface area contributed by atoms with E-state index in [-0.39, 0.29) is 30.5 Å². The first-order chi connectivity index (χ1) is 19.0. The van der Waals surface area contributed by atoms with Gasteiger partial charge in [0, 0.05) is 18.7 Å². The van der Waals surface area contributed by atoms with Crippen LogP contribution < -0.4 is 11.1 Å². The van der Waals surface area contributed by atoms with Crippen LogP contribution in [-0.2, 0) is 14.0 Å². The lowest BCUT2D eigenvalue weighted by molar-refractivity contribution is 0.00578. The fraction of sp³-hybridized carbons (Fsp3) is 0.300. The Morgan fingerprint density at radius 2 is 1.62 bits per heavy atom. The highest BCUT2D eigenvalue weighted by molar-refractivity contribution is 6.56. The van der Waals surface area contributed by atoms with E-state index in [1.54, 1.807) is 6.08 Å². The van der Waals surface area contributed by atoms with Crippen LogP contribution in [0.2, 0.25) is 0 Å². The van der Waals surface area contributed by atoms with E-state index < -0.39 is 30.4 Å². The number of aromatic nitrogens is 1. The van der Waals surface area contributed by atoms with Crippen molar-refractivity contribution < 1.29 is 28.7 Å². The summed E-state index contributed by atoms with van der Waals surface area (Å²) in [5.41, 5.74) is 9.95. The number of amides is 1. The number of nitrogens with zero attached hydrogens (tertiary/aromatic N) is 1. The maximum absolute atomic E-state index is 12.9. The molecule has 1 amide bonds. The summed E-state index contributed by atoms with van der Waals surface area (Å²) >= 11 is 0. The Labute approximate surface area is 233 Å². The molecule has 0 spiro atoms. The minimum atomic E-state index is -1.19. The Bertz CT molecular complexity index is 1440. The molecule has 5 rings (SSSR count). The molecule has 206 valence electrons. The second kappa shape index (κ2) is 10.4. The smallest absolute Gasteiger partial charge is 0.478 e. The summed E-state index contributed by atoms with van der Waals surface area (Å²) in [5, 5.41) is 12.3. The maximum atomic E-state index is 12.9. The first-order valence-electron chi connectivity index (χ1n) is 13.1. The third-order valence-electron chi connectivity index (χ3n) is 7.86. The van der Waals surface area contributed by atoms with Gasteiger partial charge in [-0.15, -0.1) is 0 Å². The van der Waals surface area contributed by atoms with Gasteiger partial charge in [0.1, 0.15) is 18.0 Å². The van der Waals surface area contributed by atoms with E-state index in [9.17, 15) is 14.7 Å². The van der Waals surface area contributed by atoms with Gasteiger partial charge in [0.25, 0.3) is 0 Å². The number of nitrogens with two attached hydrogens (primary N) is 1. The lowest BCUT2D eigenvalue weighted by Crippen LogP contribution is -2.41. The summed E-state index contributed by atoms with van der Waals surface area (Å²) < 4.78 is 18.1. The van der Waals surface area contributed by atoms with Gasteiger partial charge in [0.2, 0.25) is 0 Å². The van der Waals surface area contributed by atoms with Gasteiger partial charge in [-0.25, -0.2) is 14.6 Å². The van der Waals surface area contributed by atoms with Gasteiger partial charge < -0.3 is 30.2 Å². The number of carboxylic acids is 1. The Kier molecular flexibility index (Phi) is 7.16. The van der Waals surface area contributed by atoms with Crippen molar-refractivity contribution in [3.8, 4) is 11.1 Å². The number of rotatable bonds is 7. The molecule has 0 atom stereocenters. The van der Waals surface area contributed by atoms with E-state index in [1.165, 1.54) is 12.3 Å².